The first-order valence-corrected chi connectivity index (χ1v) is 8.76. The summed E-state index contributed by atoms with van der Waals surface area (Å²) >= 11 is 2.88. The van der Waals surface area contributed by atoms with Crippen LogP contribution in [0.5, 0.6) is 0 Å². The maximum atomic E-state index is 11.7. The lowest BCUT2D eigenvalue weighted by Gasteiger charge is -2.06. The molecule has 22 heavy (non-hydrogen) atoms. The summed E-state index contributed by atoms with van der Waals surface area (Å²) in [7, 11) is 0. The number of aromatic nitrogens is 2. The average Bonchev–Trinajstić information content (AvgIpc) is 3.00. The lowest BCUT2D eigenvalue weighted by molar-refractivity contribution is -0.140. The van der Waals surface area contributed by atoms with Gasteiger partial charge >= 0.3 is 5.97 Å². The number of aryl methyl sites for hydroxylation is 2. The maximum Gasteiger partial charge on any atom is 0.319 e. The number of benzene rings is 1. The second kappa shape index (κ2) is 6.26. The molecular formula is C15H17N3O2S2. The van der Waals surface area contributed by atoms with Crippen LogP contribution in [0.4, 0.5) is 10.8 Å². The summed E-state index contributed by atoms with van der Waals surface area (Å²) in [5.41, 5.74) is 3.41. The van der Waals surface area contributed by atoms with Crippen molar-refractivity contribution in [1.29, 1.82) is 0 Å². The first kappa shape index (κ1) is 15.3. The van der Waals surface area contributed by atoms with Crippen molar-refractivity contribution < 1.29 is 9.53 Å². The molecule has 1 aromatic heterocycles. The predicted octanol–water partition coefficient (Wildman–Crippen LogP) is 3.69. The van der Waals surface area contributed by atoms with Gasteiger partial charge in [0.25, 0.3) is 0 Å². The Kier molecular flexibility index (Phi) is 4.35. The Balaban J connectivity index is 1.67. The van der Waals surface area contributed by atoms with Crippen LogP contribution >= 0.6 is 23.1 Å². The minimum Gasteiger partial charge on any atom is -0.462 e. The summed E-state index contributed by atoms with van der Waals surface area (Å²) in [5.74, 6) is -0.156. The van der Waals surface area contributed by atoms with Crippen molar-refractivity contribution in [2.45, 2.75) is 42.9 Å². The molecule has 0 aliphatic carbocycles. The van der Waals surface area contributed by atoms with Gasteiger partial charge < -0.3 is 10.1 Å². The monoisotopic (exact) mass is 335 g/mol. The molecule has 2 heterocycles. The molecule has 2 unspecified atom stereocenters. The summed E-state index contributed by atoms with van der Waals surface area (Å²) in [5, 5.41) is 12.1. The van der Waals surface area contributed by atoms with Crippen LogP contribution in [0.2, 0.25) is 0 Å². The van der Waals surface area contributed by atoms with Gasteiger partial charge in [-0.25, -0.2) is 0 Å². The van der Waals surface area contributed by atoms with Crippen molar-refractivity contribution in [2.75, 3.05) is 5.32 Å². The van der Waals surface area contributed by atoms with Gasteiger partial charge in [-0.1, -0.05) is 40.8 Å². The zero-order valence-corrected chi connectivity index (χ0v) is 14.3. The highest BCUT2D eigenvalue weighted by molar-refractivity contribution is 8.02. The Morgan fingerprint density at radius 1 is 1.36 bits per heavy atom. The van der Waals surface area contributed by atoms with Crippen molar-refractivity contribution >= 4 is 39.9 Å². The van der Waals surface area contributed by atoms with E-state index in [1.807, 2.05) is 13.0 Å². The van der Waals surface area contributed by atoms with E-state index in [-0.39, 0.29) is 17.3 Å². The van der Waals surface area contributed by atoms with E-state index < -0.39 is 0 Å². The molecule has 3 rings (SSSR count). The molecule has 2 aromatic rings. The third-order valence-corrected chi connectivity index (χ3v) is 5.52. The topological polar surface area (TPSA) is 64.1 Å². The van der Waals surface area contributed by atoms with E-state index >= 15 is 0 Å². The number of thioether (sulfide) groups is 1. The zero-order chi connectivity index (χ0) is 15.7. The summed E-state index contributed by atoms with van der Waals surface area (Å²) in [6.45, 7) is 6.03. The first-order valence-electron chi connectivity index (χ1n) is 7.06. The third kappa shape index (κ3) is 3.41. The Labute approximate surface area is 137 Å². The van der Waals surface area contributed by atoms with Crippen molar-refractivity contribution in [3.63, 3.8) is 0 Å². The van der Waals surface area contributed by atoms with Crippen LogP contribution in [0.15, 0.2) is 22.5 Å². The molecular weight excluding hydrogens is 318 g/mol. The molecule has 1 aromatic carbocycles. The number of anilines is 2. The second-order valence-electron chi connectivity index (χ2n) is 5.41. The minimum absolute atomic E-state index is 0.00859. The molecule has 1 aliphatic heterocycles. The number of rotatable bonds is 4. The number of carbonyl (C=O) groups excluding carboxylic acids is 1. The number of ether oxygens (including phenoxy) is 1. The minimum atomic E-state index is -0.170. The maximum absolute atomic E-state index is 11.7. The molecule has 0 amide bonds. The van der Waals surface area contributed by atoms with Crippen LogP contribution < -0.4 is 5.32 Å². The van der Waals surface area contributed by atoms with Gasteiger partial charge in [-0.05, 0) is 32.4 Å². The van der Waals surface area contributed by atoms with Gasteiger partial charge in [0.05, 0.1) is 0 Å². The first-order chi connectivity index (χ1) is 10.5. The molecule has 7 heteroatoms. The molecule has 116 valence electrons. The summed E-state index contributed by atoms with van der Waals surface area (Å²) < 4.78 is 5.94. The molecule has 0 radical (unpaired) electrons. The van der Waals surface area contributed by atoms with Crippen LogP contribution in [0, 0.1) is 13.8 Å². The summed E-state index contributed by atoms with van der Waals surface area (Å²) in [6.07, 6.45) is 0.717. The van der Waals surface area contributed by atoms with E-state index in [4.69, 9.17) is 4.74 Å². The van der Waals surface area contributed by atoms with Crippen LogP contribution in [-0.4, -0.2) is 27.5 Å². The molecule has 5 nitrogen and oxygen atoms in total. The van der Waals surface area contributed by atoms with Gasteiger partial charge in [0.2, 0.25) is 5.13 Å². The quantitative estimate of drug-likeness (QED) is 0.860. The average molecular weight is 335 g/mol. The molecule has 1 saturated heterocycles. The largest absolute Gasteiger partial charge is 0.462 e. The SMILES string of the molecule is Cc1ccc(Nc2nnc(SC3CC(C)OC3=O)s2)c(C)c1. The van der Waals surface area contributed by atoms with Gasteiger partial charge in [0, 0.05) is 12.1 Å². The highest BCUT2D eigenvalue weighted by Gasteiger charge is 2.33. The molecule has 1 aliphatic rings. The molecule has 0 bridgehead atoms. The van der Waals surface area contributed by atoms with Gasteiger partial charge in [-0.15, -0.1) is 10.2 Å². The molecule has 2 atom stereocenters. The Bertz CT molecular complexity index is 702. The smallest absolute Gasteiger partial charge is 0.319 e. The zero-order valence-electron chi connectivity index (χ0n) is 12.6. The Morgan fingerprint density at radius 3 is 2.86 bits per heavy atom. The van der Waals surface area contributed by atoms with E-state index in [1.165, 1.54) is 28.7 Å². The number of hydrogen-bond acceptors (Lipinski definition) is 7. The van der Waals surface area contributed by atoms with E-state index in [9.17, 15) is 4.79 Å². The number of esters is 1. The van der Waals surface area contributed by atoms with Gasteiger partial charge in [0.1, 0.15) is 11.4 Å². The second-order valence-corrected chi connectivity index (χ2v) is 7.83. The summed E-state index contributed by atoms with van der Waals surface area (Å²) in [6, 6.07) is 6.21. The normalized spacial score (nSPS) is 21.0. The van der Waals surface area contributed by atoms with Crippen molar-refractivity contribution in [1.82, 2.24) is 10.2 Å². The number of cyclic esters (lactones) is 1. The fourth-order valence-electron chi connectivity index (χ4n) is 2.31. The predicted molar refractivity (Wildman–Crippen MR) is 88.9 cm³/mol. The highest BCUT2D eigenvalue weighted by Crippen LogP contribution is 2.35. The Morgan fingerprint density at radius 2 is 2.18 bits per heavy atom. The Hall–Kier alpha value is -1.60. The number of nitrogens with zero attached hydrogens (tertiary/aromatic N) is 2. The van der Waals surface area contributed by atoms with Crippen LogP contribution in [0.1, 0.15) is 24.5 Å². The molecule has 1 N–H and O–H groups in total. The van der Waals surface area contributed by atoms with Crippen molar-refractivity contribution in [3.8, 4) is 0 Å². The number of carbonyl (C=O) groups is 1. The highest BCUT2D eigenvalue weighted by atomic mass is 32.2. The van der Waals surface area contributed by atoms with Crippen LogP contribution in [0.3, 0.4) is 0 Å². The summed E-state index contributed by atoms with van der Waals surface area (Å²) in [4.78, 5) is 11.7. The van der Waals surface area contributed by atoms with E-state index in [2.05, 4.69) is 41.5 Å². The van der Waals surface area contributed by atoms with Gasteiger partial charge in [-0.2, -0.15) is 0 Å². The van der Waals surface area contributed by atoms with Crippen molar-refractivity contribution in [3.05, 3.63) is 29.3 Å². The third-order valence-electron chi connectivity index (χ3n) is 3.40. The number of nitrogens with one attached hydrogen (secondary N) is 1. The van der Waals surface area contributed by atoms with E-state index in [0.29, 0.717) is 0 Å². The fraction of sp³-hybridized carbons (Fsp3) is 0.400. The molecule has 0 saturated carbocycles. The van der Waals surface area contributed by atoms with Gasteiger partial charge in [-0.3, -0.25) is 4.79 Å². The number of hydrogen-bond donors (Lipinski definition) is 1. The van der Waals surface area contributed by atoms with E-state index in [1.54, 1.807) is 0 Å². The lowest BCUT2D eigenvalue weighted by atomic mass is 10.1. The molecule has 0 spiro atoms. The van der Waals surface area contributed by atoms with E-state index in [0.717, 1.165) is 27.1 Å². The van der Waals surface area contributed by atoms with Crippen LogP contribution in [0.25, 0.3) is 0 Å². The van der Waals surface area contributed by atoms with Gasteiger partial charge in [0.15, 0.2) is 4.34 Å². The fourth-order valence-corrected chi connectivity index (χ4v) is 4.43. The van der Waals surface area contributed by atoms with Crippen molar-refractivity contribution in [2.24, 2.45) is 0 Å². The van der Waals surface area contributed by atoms with Crippen LogP contribution in [-0.2, 0) is 9.53 Å². The lowest BCUT2D eigenvalue weighted by Crippen LogP contribution is -2.08. The standard InChI is InChI=1S/C15H17N3O2S2/c1-8-4-5-11(9(2)6-8)16-14-17-18-15(22-14)21-12-7-10(3)20-13(12)19/h4-6,10,12H,7H2,1-3H3,(H,16,17). The molecule has 1 fully saturated rings.